The van der Waals surface area contributed by atoms with Crippen molar-refractivity contribution in [1.82, 2.24) is 15.1 Å². The third-order valence-electron chi connectivity index (χ3n) is 7.02. The molecule has 21 nitrogen and oxygen atoms in total. The highest BCUT2D eigenvalue weighted by atomic mass is 16.6. The molecule has 0 aromatic carbocycles. The van der Waals surface area contributed by atoms with E-state index >= 15 is 0 Å². The van der Waals surface area contributed by atoms with Gasteiger partial charge in [0.15, 0.2) is 5.78 Å². The summed E-state index contributed by atoms with van der Waals surface area (Å²) < 4.78 is 4.31. The molecular formula is C29H44N6O15. The second-order valence-electron chi connectivity index (χ2n) is 11.2. The normalized spacial score (nSPS) is 21.2. The summed E-state index contributed by atoms with van der Waals surface area (Å²) in [5.74, 6) is -8.32. The van der Waals surface area contributed by atoms with E-state index in [1.165, 1.54) is 27.7 Å². The summed E-state index contributed by atoms with van der Waals surface area (Å²) in [6.45, 7) is 5.41. The maximum absolute atomic E-state index is 12.3. The third kappa shape index (κ3) is 13.3. The summed E-state index contributed by atoms with van der Waals surface area (Å²) in [4.78, 5) is 136. The Kier molecular flexibility index (Phi) is 19.0. The van der Waals surface area contributed by atoms with E-state index in [0.717, 1.165) is 0 Å². The smallest absolute Gasteiger partial charge is 0.337 e. The van der Waals surface area contributed by atoms with Crippen LogP contribution in [0.3, 0.4) is 0 Å². The van der Waals surface area contributed by atoms with Gasteiger partial charge in [-0.3, -0.25) is 57.7 Å². The molecule has 6 atom stereocenters. The third-order valence-corrected chi connectivity index (χ3v) is 7.02. The zero-order chi connectivity index (χ0) is 37.2. The van der Waals surface area contributed by atoms with Gasteiger partial charge in [0.25, 0.3) is 5.91 Å². The number of carboxylic acids is 1. The number of esters is 2. The summed E-state index contributed by atoms with van der Waals surface area (Å²) in [5, 5.41) is 10.6. The topological polar surface area (TPSA) is 362 Å². The van der Waals surface area contributed by atoms with Gasteiger partial charge in [0.05, 0.1) is 49.7 Å². The van der Waals surface area contributed by atoms with Crippen molar-refractivity contribution in [2.45, 2.75) is 104 Å². The minimum absolute atomic E-state index is 0. The average molecular weight is 717 g/mol. The Hall–Kier alpha value is -5.28. The van der Waals surface area contributed by atoms with Gasteiger partial charge in [-0.1, -0.05) is 14.4 Å². The van der Waals surface area contributed by atoms with Crippen molar-refractivity contribution in [3.05, 3.63) is 0 Å². The number of nitrogens with one attached hydrogen (secondary N) is 1. The van der Waals surface area contributed by atoms with E-state index in [-0.39, 0.29) is 55.9 Å². The lowest BCUT2D eigenvalue weighted by molar-refractivity contribution is -0.157. The van der Waals surface area contributed by atoms with Crippen molar-refractivity contribution in [3.63, 3.8) is 0 Å². The van der Waals surface area contributed by atoms with E-state index in [2.05, 4.69) is 10.1 Å². The van der Waals surface area contributed by atoms with Gasteiger partial charge in [-0.2, -0.15) is 0 Å². The lowest BCUT2D eigenvalue weighted by atomic mass is 10.1. The molecule has 10 N–H and O–H groups in total. The summed E-state index contributed by atoms with van der Waals surface area (Å²) in [6.07, 6.45) is -1.45. The second-order valence-corrected chi connectivity index (χ2v) is 11.2. The molecule has 3 rings (SSSR count). The molecule has 3 saturated heterocycles. The summed E-state index contributed by atoms with van der Waals surface area (Å²) in [5.41, 5.74) is 15.8. The molecule has 3 heterocycles. The van der Waals surface area contributed by atoms with Crippen LogP contribution >= 0.6 is 0 Å². The zero-order valence-corrected chi connectivity index (χ0v) is 27.1. The fourth-order valence-corrected chi connectivity index (χ4v) is 4.44. The minimum atomic E-state index is -1.33. The van der Waals surface area contributed by atoms with Gasteiger partial charge in [0.2, 0.25) is 29.5 Å². The van der Waals surface area contributed by atoms with Crippen LogP contribution in [0.25, 0.3) is 0 Å². The number of rotatable bonds is 12. The predicted octanol–water partition coefficient (Wildman–Crippen LogP) is -4.22. The molecule has 0 aromatic heterocycles. The van der Waals surface area contributed by atoms with Crippen LogP contribution in [0, 0.1) is 5.92 Å². The van der Waals surface area contributed by atoms with Crippen LogP contribution in [0.15, 0.2) is 0 Å². The number of cyclic esters (lactones) is 2. The van der Waals surface area contributed by atoms with Gasteiger partial charge in [-0.25, -0.2) is 4.79 Å². The first kappa shape index (κ1) is 46.8. The Morgan fingerprint density at radius 2 is 1.36 bits per heavy atom. The van der Waals surface area contributed by atoms with E-state index in [1.807, 2.05) is 0 Å². The molecule has 6 unspecified atom stereocenters. The number of nitrogens with two attached hydrogens (primary N) is 3. The predicted molar refractivity (Wildman–Crippen MR) is 166 cm³/mol. The Labute approximate surface area is 285 Å². The average Bonchev–Trinajstić information content (AvgIpc) is 3.52. The number of ketones is 3. The SMILES string of the molecule is C.CC(=O)C(N)CC(=O)NC(CC(N)=O)C(C)=O.CC(=O)CC(C)C(=O)O.NC1CC(=O)N(C2CC(=O)N(C3CC(=O)OC3=O)C2=O)C1=O.O. The molecule has 3 aliphatic rings. The van der Waals surface area contributed by atoms with Gasteiger partial charge in [-0.15, -0.1) is 0 Å². The molecule has 0 radical (unpaired) electrons. The number of ether oxygens (including phenoxy) is 1. The number of Topliss-reactive ketones (excluding diaryl/α,β-unsaturated/α-hetero) is 3. The number of carboxylic acid groups (broad SMARTS) is 1. The molecular weight excluding hydrogens is 672 g/mol. The summed E-state index contributed by atoms with van der Waals surface area (Å²) in [6, 6.07) is -5.55. The lowest BCUT2D eigenvalue weighted by Gasteiger charge is -2.22. The number of amides is 6. The number of hydrogen-bond acceptors (Lipinski definition) is 15. The van der Waals surface area contributed by atoms with E-state index in [1.54, 1.807) is 0 Å². The van der Waals surface area contributed by atoms with Crippen LogP contribution in [0.1, 0.15) is 73.6 Å². The van der Waals surface area contributed by atoms with Crippen molar-refractivity contribution < 1.29 is 72.9 Å². The van der Waals surface area contributed by atoms with E-state index in [9.17, 15) is 57.5 Å². The van der Waals surface area contributed by atoms with Crippen molar-refractivity contribution in [2.24, 2.45) is 23.1 Å². The first-order valence-corrected chi connectivity index (χ1v) is 14.4. The monoisotopic (exact) mass is 716 g/mol. The van der Waals surface area contributed by atoms with Crippen LogP contribution in [0.4, 0.5) is 0 Å². The standard InChI is InChI=1S/C12H11N3O7.C10H17N3O4.C6H10O3.CH4.H2O/c13-4-1-7(16)14(10(4)19)5-2-8(17)15(11(5)20)6-3-9(18)22-12(6)21;1-5(14)7(11)3-10(17)13-8(6(2)15)4-9(12)16;1-4(6(8)9)3-5(2)7;;/h4-6H,1-3,13H2;7-8H,3-4,11H2,1-2H3,(H2,12,16)(H,13,17);4H,3H2,1-2H3,(H,8,9);1H4;1H2. The largest absolute Gasteiger partial charge is 0.481 e. The maximum atomic E-state index is 12.3. The molecule has 0 spiro atoms. The molecule has 3 fully saturated rings. The summed E-state index contributed by atoms with van der Waals surface area (Å²) in [7, 11) is 0. The number of aliphatic carboxylic acids is 1. The Bertz CT molecular complexity index is 1410. The van der Waals surface area contributed by atoms with E-state index in [0.29, 0.717) is 9.80 Å². The second kappa shape index (κ2) is 20.3. The van der Waals surface area contributed by atoms with Crippen molar-refractivity contribution in [1.29, 1.82) is 0 Å². The highest BCUT2D eigenvalue weighted by Crippen LogP contribution is 2.28. The molecule has 50 heavy (non-hydrogen) atoms. The first-order valence-electron chi connectivity index (χ1n) is 14.4. The number of carbonyl (C=O) groups excluding carboxylic acids is 11. The van der Waals surface area contributed by atoms with Crippen LogP contribution in [-0.2, 0) is 62.3 Å². The van der Waals surface area contributed by atoms with Crippen LogP contribution < -0.4 is 22.5 Å². The van der Waals surface area contributed by atoms with Gasteiger partial charge >= 0.3 is 17.9 Å². The first-order chi connectivity index (χ1) is 22.1. The highest BCUT2D eigenvalue weighted by Gasteiger charge is 2.54. The Morgan fingerprint density at radius 1 is 0.840 bits per heavy atom. The number of primary amides is 1. The van der Waals surface area contributed by atoms with Gasteiger partial charge in [-0.05, 0) is 20.8 Å². The number of carbonyl (C=O) groups is 12. The quantitative estimate of drug-likeness (QED) is 0.0725. The molecule has 0 aromatic rings. The number of likely N-dealkylation sites (tertiary alicyclic amines) is 2. The van der Waals surface area contributed by atoms with E-state index in [4.69, 9.17) is 22.3 Å². The molecule has 280 valence electrons. The van der Waals surface area contributed by atoms with E-state index < -0.39 is 102 Å². The van der Waals surface area contributed by atoms with Gasteiger partial charge in [0.1, 0.15) is 23.7 Å². The zero-order valence-electron chi connectivity index (χ0n) is 27.1. The van der Waals surface area contributed by atoms with Crippen molar-refractivity contribution in [2.75, 3.05) is 0 Å². The fraction of sp³-hybridized carbons (Fsp3) is 0.586. The number of imide groups is 2. The Balaban J connectivity index is 0. The van der Waals surface area contributed by atoms with Gasteiger partial charge in [0, 0.05) is 12.8 Å². The molecule has 21 heteroatoms. The number of nitrogens with zero attached hydrogens (tertiary/aromatic N) is 2. The van der Waals surface area contributed by atoms with Gasteiger partial charge < -0.3 is 42.6 Å². The van der Waals surface area contributed by atoms with Crippen LogP contribution in [0.5, 0.6) is 0 Å². The Morgan fingerprint density at radius 3 is 1.72 bits per heavy atom. The highest BCUT2D eigenvalue weighted by molar-refractivity contribution is 6.15. The fourth-order valence-electron chi connectivity index (χ4n) is 4.44. The van der Waals surface area contributed by atoms with Crippen molar-refractivity contribution >= 4 is 70.7 Å². The molecule has 0 saturated carbocycles. The summed E-state index contributed by atoms with van der Waals surface area (Å²) >= 11 is 0. The van der Waals surface area contributed by atoms with Crippen molar-refractivity contribution in [3.8, 4) is 0 Å². The molecule has 6 amide bonds. The molecule has 0 aliphatic carbocycles. The minimum Gasteiger partial charge on any atom is -0.481 e. The molecule has 0 bridgehead atoms. The maximum Gasteiger partial charge on any atom is 0.337 e. The van der Waals surface area contributed by atoms with Crippen LogP contribution in [-0.4, -0.2) is 121 Å². The molecule has 3 aliphatic heterocycles. The lowest BCUT2D eigenvalue weighted by Crippen LogP contribution is -2.49. The number of hydrogen-bond donors (Lipinski definition) is 5. The van der Waals surface area contributed by atoms with Crippen LogP contribution in [0.2, 0.25) is 0 Å².